The molecule has 0 saturated heterocycles. The minimum atomic E-state index is 0.228. The standard InChI is InChI=1S/C13H20O2S/c1-5-11(8-14)16-13-7-9(2)12(15-4)6-10(13)3/h6-7,11,14H,5,8H2,1-4H3. The predicted octanol–water partition coefficient (Wildman–Crippen LogP) is 3.18. The summed E-state index contributed by atoms with van der Waals surface area (Å²) >= 11 is 1.74. The van der Waals surface area contributed by atoms with E-state index in [-0.39, 0.29) is 11.9 Å². The summed E-state index contributed by atoms with van der Waals surface area (Å²) in [7, 11) is 1.69. The summed E-state index contributed by atoms with van der Waals surface area (Å²) in [5.74, 6) is 0.930. The molecule has 1 aromatic rings. The fourth-order valence-electron chi connectivity index (χ4n) is 1.54. The lowest BCUT2D eigenvalue weighted by molar-refractivity contribution is 0.292. The first-order valence-corrected chi connectivity index (χ1v) is 6.43. The molecule has 0 bridgehead atoms. The van der Waals surface area contributed by atoms with Crippen molar-refractivity contribution in [2.45, 2.75) is 37.3 Å². The molecule has 0 amide bonds. The van der Waals surface area contributed by atoms with Gasteiger partial charge in [-0.05, 0) is 43.5 Å². The van der Waals surface area contributed by atoms with Crippen LogP contribution in [0.3, 0.4) is 0 Å². The van der Waals surface area contributed by atoms with Gasteiger partial charge in [0.1, 0.15) is 5.75 Å². The van der Waals surface area contributed by atoms with Gasteiger partial charge in [0.15, 0.2) is 0 Å². The number of methoxy groups -OCH3 is 1. The first kappa shape index (κ1) is 13.4. The van der Waals surface area contributed by atoms with E-state index in [1.165, 1.54) is 10.5 Å². The lowest BCUT2D eigenvalue weighted by Crippen LogP contribution is -2.06. The van der Waals surface area contributed by atoms with E-state index in [2.05, 4.69) is 26.0 Å². The molecule has 90 valence electrons. The maximum atomic E-state index is 9.20. The van der Waals surface area contributed by atoms with Gasteiger partial charge in [0.2, 0.25) is 0 Å². The summed E-state index contributed by atoms with van der Waals surface area (Å²) in [4.78, 5) is 1.24. The van der Waals surface area contributed by atoms with Crippen LogP contribution < -0.4 is 4.74 Å². The fourth-order valence-corrected chi connectivity index (χ4v) is 2.63. The topological polar surface area (TPSA) is 29.5 Å². The predicted molar refractivity (Wildman–Crippen MR) is 69.5 cm³/mol. The van der Waals surface area contributed by atoms with Crippen molar-refractivity contribution < 1.29 is 9.84 Å². The Bertz CT molecular complexity index is 346. The maximum Gasteiger partial charge on any atom is 0.122 e. The van der Waals surface area contributed by atoms with Crippen LogP contribution in [0.5, 0.6) is 5.75 Å². The number of hydrogen-bond donors (Lipinski definition) is 1. The highest BCUT2D eigenvalue weighted by molar-refractivity contribution is 8.00. The van der Waals surface area contributed by atoms with E-state index >= 15 is 0 Å². The number of aryl methyl sites for hydroxylation is 2. The first-order valence-electron chi connectivity index (χ1n) is 5.55. The van der Waals surface area contributed by atoms with Gasteiger partial charge >= 0.3 is 0 Å². The van der Waals surface area contributed by atoms with Crippen LogP contribution in [-0.2, 0) is 0 Å². The highest BCUT2D eigenvalue weighted by Crippen LogP contribution is 2.32. The van der Waals surface area contributed by atoms with Crippen LogP contribution in [0, 0.1) is 13.8 Å². The van der Waals surface area contributed by atoms with Gasteiger partial charge in [-0.1, -0.05) is 6.92 Å². The normalized spacial score (nSPS) is 12.6. The van der Waals surface area contributed by atoms with Gasteiger partial charge in [-0.3, -0.25) is 0 Å². The van der Waals surface area contributed by atoms with E-state index in [1.54, 1.807) is 18.9 Å². The SMILES string of the molecule is CCC(CO)Sc1cc(C)c(OC)cc1C. The Labute approximate surface area is 102 Å². The summed E-state index contributed by atoms with van der Waals surface area (Å²) in [5.41, 5.74) is 2.35. The monoisotopic (exact) mass is 240 g/mol. The number of aliphatic hydroxyl groups is 1. The van der Waals surface area contributed by atoms with Crippen molar-refractivity contribution in [3.05, 3.63) is 23.3 Å². The van der Waals surface area contributed by atoms with Crippen LogP contribution in [0.4, 0.5) is 0 Å². The number of ether oxygens (including phenoxy) is 1. The molecule has 0 aliphatic rings. The third-order valence-corrected chi connectivity index (χ3v) is 4.15. The van der Waals surface area contributed by atoms with Crippen molar-refractivity contribution in [1.82, 2.24) is 0 Å². The lowest BCUT2D eigenvalue weighted by atomic mass is 10.1. The van der Waals surface area contributed by atoms with Gasteiger partial charge < -0.3 is 9.84 Å². The van der Waals surface area contributed by atoms with E-state index < -0.39 is 0 Å². The van der Waals surface area contributed by atoms with Crippen LogP contribution in [0.2, 0.25) is 0 Å². The number of benzene rings is 1. The molecule has 0 aromatic heterocycles. The van der Waals surface area contributed by atoms with E-state index in [9.17, 15) is 5.11 Å². The van der Waals surface area contributed by atoms with Gasteiger partial charge in [0, 0.05) is 10.1 Å². The van der Waals surface area contributed by atoms with Crippen molar-refractivity contribution in [1.29, 1.82) is 0 Å². The van der Waals surface area contributed by atoms with Crippen LogP contribution in [0.1, 0.15) is 24.5 Å². The molecular formula is C13H20O2S. The molecular weight excluding hydrogens is 220 g/mol. The molecule has 3 heteroatoms. The van der Waals surface area contributed by atoms with E-state index in [0.29, 0.717) is 0 Å². The molecule has 1 aromatic carbocycles. The quantitative estimate of drug-likeness (QED) is 0.802. The van der Waals surface area contributed by atoms with Crippen LogP contribution >= 0.6 is 11.8 Å². The average Bonchev–Trinajstić information content (AvgIpc) is 2.29. The third-order valence-electron chi connectivity index (χ3n) is 2.65. The van der Waals surface area contributed by atoms with E-state index in [4.69, 9.17) is 4.74 Å². The van der Waals surface area contributed by atoms with Crippen molar-refractivity contribution in [3.8, 4) is 5.75 Å². The Hall–Kier alpha value is -0.670. The Morgan fingerprint density at radius 2 is 2.00 bits per heavy atom. The summed E-state index contributed by atoms with van der Waals surface area (Å²) in [6, 6.07) is 4.19. The molecule has 0 radical (unpaired) electrons. The third kappa shape index (κ3) is 3.16. The molecule has 1 atom stereocenters. The molecule has 1 N–H and O–H groups in total. The molecule has 0 aliphatic heterocycles. The minimum absolute atomic E-state index is 0.228. The van der Waals surface area contributed by atoms with Crippen LogP contribution in [-0.4, -0.2) is 24.1 Å². The van der Waals surface area contributed by atoms with Crippen LogP contribution in [0.15, 0.2) is 17.0 Å². The second-order valence-corrected chi connectivity index (χ2v) is 5.26. The molecule has 0 fully saturated rings. The van der Waals surface area contributed by atoms with Crippen molar-refractivity contribution in [2.24, 2.45) is 0 Å². The van der Waals surface area contributed by atoms with Gasteiger partial charge in [-0.15, -0.1) is 11.8 Å². The minimum Gasteiger partial charge on any atom is -0.496 e. The van der Waals surface area contributed by atoms with Gasteiger partial charge in [0.25, 0.3) is 0 Å². The smallest absolute Gasteiger partial charge is 0.122 e. The molecule has 0 spiro atoms. The highest BCUT2D eigenvalue weighted by atomic mass is 32.2. The molecule has 1 rings (SSSR count). The van der Waals surface area contributed by atoms with Gasteiger partial charge in [-0.2, -0.15) is 0 Å². The van der Waals surface area contributed by atoms with Gasteiger partial charge in [-0.25, -0.2) is 0 Å². The Balaban J connectivity index is 2.92. The number of thioether (sulfide) groups is 1. The lowest BCUT2D eigenvalue weighted by Gasteiger charge is -2.15. The summed E-state index contributed by atoms with van der Waals surface area (Å²) in [6.07, 6.45) is 0.978. The van der Waals surface area contributed by atoms with Crippen molar-refractivity contribution in [2.75, 3.05) is 13.7 Å². The summed E-state index contributed by atoms with van der Waals surface area (Å²) in [5, 5.41) is 9.49. The molecule has 16 heavy (non-hydrogen) atoms. The Morgan fingerprint density at radius 1 is 1.31 bits per heavy atom. The molecule has 0 saturated carbocycles. The molecule has 1 unspecified atom stereocenters. The zero-order valence-corrected chi connectivity index (χ0v) is 11.2. The summed E-state index contributed by atoms with van der Waals surface area (Å²) < 4.78 is 5.28. The Morgan fingerprint density at radius 3 is 2.50 bits per heavy atom. The zero-order valence-electron chi connectivity index (χ0n) is 10.4. The number of aliphatic hydroxyl groups excluding tert-OH is 1. The second-order valence-electron chi connectivity index (χ2n) is 3.92. The molecule has 2 nitrogen and oxygen atoms in total. The maximum absolute atomic E-state index is 9.20. The number of rotatable bonds is 5. The van der Waals surface area contributed by atoms with Gasteiger partial charge in [0.05, 0.1) is 13.7 Å². The van der Waals surface area contributed by atoms with Crippen LogP contribution in [0.25, 0.3) is 0 Å². The van der Waals surface area contributed by atoms with Crippen molar-refractivity contribution in [3.63, 3.8) is 0 Å². The molecule has 0 heterocycles. The Kier molecular flexibility index (Phi) is 5.16. The van der Waals surface area contributed by atoms with E-state index in [0.717, 1.165) is 17.7 Å². The average molecular weight is 240 g/mol. The second kappa shape index (κ2) is 6.16. The zero-order chi connectivity index (χ0) is 12.1. The molecule has 0 aliphatic carbocycles. The largest absolute Gasteiger partial charge is 0.496 e. The first-order chi connectivity index (χ1) is 7.62. The summed E-state index contributed by atoms with van der Waals surface area (Å²) in [6.45, 7) is 6.45. The number of hydrogen-bond acceptors (Lipinski definition) is 3. The fraction of sp³-hybridized carbons (Fsp3) is 0.538. The highest BCUT2D eigenvalue weighted by Gasteiger charge is 2.10. The van der Waals surface area contributed by atoms with E-state index in [1.807, 2.05) is 6.92 Å². The van der Waals surface area contributed by atoms with Crippen molar-refractivity contribution >= 4 is 11.8 Å².